The minimum Gasteiger partial charge on any atom is -0.429 e. The lowest BCUT2D eigenvalue weighted by atomic mass is 10.2. The Balaban J connectivity index is 2.27. The van der Waals surface area contributed by atoms with Gasteiger partial charge in [-0.15, -0.1) is 11.6 Å². The zero-order valence-electron chi connectivity index (χ0n) is 8.84. The number of hydrogen-bond donors (Lipinski definition) is 0. The van der Waals surface area contributed by atoms with Crippen LogP contribution in [0.25, 0.3) is 0 Å². The van der Waals surface area contributed by atoms with Crippen molar-refractivity contribution < 1.29 is 4.74 Å². The minimum absolute atomic E-state index is 0.321. The molecular weight excluding hydrogens is 301 g/mol. The number of ether oxygens (including phenoxy) is 1. The first-order valence-electron chi connectivity index (χ1n) is 4.75. The Morgan fingerprint density at radius 2 is 2.12 bits per heavy atom. The molecule has 0 N–H and O–H groups in total. The summed E-state index contributed by atoms with van der Waals surface area (Å²) >= 11 is 18.9. The molecule has 0 atom stereocenters. The highest BCUT2D eigenvalue weighted by Crippen LogP contribution is 2.35. The predicted molar refractivity (Wildman–Crippen MR) is 72.9 cm³/mol. The van der Waals surface area contributed by atoms with Crippen molar-refractivity contribution in [3.8, 4) is 10.9 Å². The second-order valence-corrected chi connectivity index (χ2v) is 5.44. The van der Waals surface area contributed by atoms with Crippen LogP contribution in [0.4, 0.5) is 0 Å². The van der Waals surface area contributed by atoms with E-state index in [4.69, 9.17) is 39.5 Å². The predicted octanol–water partition coefficient (Wildman–Crippen LogP) is 5.29. The number of nitrogens with zero attached hydrogens (tertiary/aromatic N) is 1. The molecular formula is C11H8Cl3NOS. The summed E-state index contributed by atoms with van der Waals surface area (Å²) in [5.74, 6) is 0.889. The van der Waals surface area contributed by atoms with Crippen molar-refractivity contribution in [1.29, 1.82) is 0 Å². The standard InChI is InChI=1S/C11H8Cl3NOS/c1-6-2-3-7(13)8(4-6)16-11-15-10(14)9(5-12)17-11/h2-4H,5H2,1H3. The van der Waals surface area contributed by atoms with Crippen LogP contribution >= 0.6 is 46.1 Å². The number of rotatable bonds is 3. The Morgan fingerprint density at radius 1 is 1.35 bits per heavy atom. The van der Waals surface area contributed by atoms with Crippen LogP contribution in [-0.2, 0) is 5.88 Å². The lowest BCUT2D eigenvalue weighted by molar-refractivity contribution is 0.479. The fourth-order valence-corrected chi connectivity index (χ4v) is 2.71. The number of aromatic nitrogens is 1. The van der Waals surface area contributed by atoms with Crippen LogP contribution < -0.4 is 4.74 Å². The van der Waals surface area contributed by atoms with E-state index in [9.17, 15) is 0 Å². The molecule has 0 saturated carbocycles. The van der Waals surface area contributed by atoms with Gasteiger partial charge in [0.25, 0.3) is 5.19 Å². The zero-order chi connectivity index (χ0) is 12.4. The highest BCUT2D eigenvalue weighted by atomic mass is 35.5. The fourth-order valence-electron chi connectivity index (χ4n) is 1.22. The monoisotopic (exact) mass is 307 g/mol. The van der Waals surface area contributed by atoms with E-state index in [-0.39, 0.29) is 0 Å². The van der Waals surface area contributed by atoms with Crippen molar-refractivity contribution in [3.05, 3.63) is 38.8 Å². The second-order valence-electron chi connectivity index (χ2n) is 3.36. The van der Waals surface area contributed by atoms with Gasteiger partial charge in [-0.25, -0.2) is 0 Å². The van der Waals surface area contributed by atoms with Gasteiger partial charge in [0.05, 0.1) is 15.8 Å². The number of halogens is 3. The quantitative estimate of drug-likeness (QED) is 0.719. The van der Waals surface area contributed by atoms with Gasteiger partial charge in [-0.05, 0) is 24.6 Å². The molecule has 90 valence electrons. The Morgan fingerprint density at radius 3 is 2.76 bits per heavy atom. The summed E-state index contributed by atoms with van der Waals surface area (Å²) in [7, 11) is 0. The molecule has 2 aromatic rings. The SMILES string of the molecule is Cc1ccc(Cl)c(Oc2nc(Cl)c(CCl)s2)c1. The van der Waals surface area contributed by atoms with E-state index in [0.29, 0.717) is 27.0 Å². The summed E-state index contributed by atoms with van der Waals surface area (Å²) in [4.78, 5) is 4.85. The molecule has 0 bridgehead atoms. The molecule has 0 unspecified atom stereocenters. The van der Waals surface area contributed by atoms with Crippen LogP contribution in [0.15, 0.2) is 18.2 Å². The number of aryl methyl sites for hydroxylation is 1. The number of thiazole rings is 1. The molecule has 0 fully saturated rings. The first-order valence-corrected chi connectivity index (χ1v) is 6.86. The molecule has 0 amide bonds. The van der Waals surface area contributed by atoms with Crippen LogP contribution in [0.1, 0.15) is 10.4 Å². The average molecular weight is 309 g/mol. The van der Waals surface area contributed by atoms with Crippen molar-refractivity contribution in [1.82, 2.24) is 4.98 Å². The second kappa shape index (κ2) is 5.44. The van der Waals surface area contributed by atoms with Crippen molar-refractivity contribution >= 4 is 46.1 Å². The zero-order valence-corrected chi connectivity index (χ0v) is 11.9. The van der Waals surface area contributed by atoms with Gasteiger partial charge in [0.2, 0.25) is 0 Å². The third-order valence-corrected chi connectivity index (χ3v) is 4.13. The molecule has 1 heterocycles. The Kier molecular flexibility index (Phi) is 4.15. The summed E-state index contributed by atoms with van der Waals surface area (Å²) in [6.07, 6.45) is 0. The van der Waals surface area contributed by atoms with Gasteiger partial charge in [0.15, 0.2) is 0 Å². The lowest BCUT2D eigenvalue weighted by Gasteiger charge is -2.04. The molecule has 0 saturated heterocycles. The van der Waals surface area contributed by atoms with E-state index in [2.05, 4.69) is 4.98 Å². The van der Waals surface area contributed by atoms with E-state index >= 15 is 0 Å². The van der Waals surface area contributed by atoms with E-state index < -0.39 is 0 Å². The van der Waals surface area contributed by atoms with E-state index in [0.717, 1.165) is 10.4 Å². The Bertz CT molecular complexity index is 542. The third kappa shape index (κ3) is 3.05. The summed E-state index contributed by atoms with van der Waals surface area (Å²) in [5.41, 5.74) is 1.06. The van der Waals surface area contributed by atoms with E-state index in [1.165, 1.54) is 11.3 Å². The van der Waals surface area contributed by atoms with Gasteiger partial charge >= 0.3 is 0 Å². The molecule has 0 spiro atoms. The van der Waals surface area contributed by atoms with Crippen LogP contribution in [0, 0.1) is 6.92 Å². The van der Waals surface area contributed by atoms with Gasteiger partial charge in [0.1, 0.15) is 10.9 Å². The number of hydrogen-bond acceptors (Lipinski definition) is 3. The van der Waals surface area contributed by atoms with Gasteiger partial charge in [-0.3, -0.25) is 0 Å². The molecule has 2 rings (SSSR count). The molecule has 0 aliphatic heterocycles. The number of benzene rings is 1. The maximum Gasteiger partial charge on any atom is 0.280 e. The van der Waals surface area contributed by atoms with Gasteiger partial charge in [0, 0.05) is 0 Å². The lowest BCUT2D eigenvalue weighted by Crippen LogP contribution is -1.85. The average Bonchev–Trinajstić information content (AvgIpc) is 2.64. The first kappa shape index (κ1) is 13.0. The van der Waals surface area contributed by atoms with Gasteiger partial charge in [-0.2, -0.15) is 4.98 Å². The summed E-state index contributed by atoms with van der Waals surface area (Å²) in [5, 5.41) is 1.36. The number of alkyl halides is 1. The van der Waals surface area contributed by atoms with Crippen molar-refractivity contribution in [3.63, 3.8) is 0 Å². The largest absolute Gasteiger partial charge is 0.429 e. The first-order chi connectivity index (χ1) is 8.10. The van der Waals surface area contributed by atoms with Crippen LogP contribution in [0.3, 0.4) is 0 Å². The molecule has 0 aliphatic rings. The topological polar surface area (TPSA) is 22.1 Å². The highest BCUT2D eigenvalue weighted by Gasteiger charge is 2.11. The molecule has 1 aromatic heterocycles. The van der Waals surface area contributed by atoms with Crippen LogP contribution in [0.2, 0.25) is 10.2 Å². The van der Waals surface area contributed by atoms with Crippen molar-refractivity contribution in [2.45, 2.75) is 12.8 Å². The Labute approximate surface area is 118 Å². The van der Waals surface area contributed by atoms with Crippen LogP contribution in [-0.4, -0.2) is 4.98 Å². The third-order valence-electron chi connectivity index (χ3n) is 2.04. The van der Waals surface area contributed by atoms with Crippen molar-refractivity contribution in [2.75, 3.05) is 0 Å². The highest BCUT2D eigenvalue weighted by molar-refractivity contribution is 7.14. The van der Waals surface area contributed by atoms with Crippen LogP contribution in [0.5, 0.6) is 10.9 Å². The Hall–Kier alpha value is -0.480. The van der Waals surface area contributed by atoms with Crippen molar-refractivity contribution in [2.24, 2.45) is 0 Å². The molecule has 2 nitrogen and oxygen atoms in total. The molecule has 6 heteroatoms. The summed E-state index contributed by atoms with van der Waals surface area (Å²) < 4.78 is 5.59. The molecule has 1 aromatic carbocycles. The normalized spacial score (nSPS) is 10.6. The van der Waals surface area contributed by atoms with E-state index in [1.54, 1.807) is 6.07 Å². The summed E-state index contributed by atoms with van der Waals surface area (Å²) in [6.45, 7) is 1.96. The maximum atomic E-state index is 6.02. The van der Waals surface area contributed by atoms with Gasteiger partial charge < -0.3 is 4.74 Å². The van der Waals surface area contributed by atoms with E-state index in [1.807, 2.05) is 19.1 Å². The molecule has 17 heavy (non-hydrogen) atoms. The van der Waals surface area contributed by atoms with Gasteiger partial charge in [-0.1, -0.05) is 40.6 Å². The fraction of sp³-hybridized carbons (Fsp3) is 0.182. The minimum atomic E-state index is 0.321. The molecule has 0 aliphatic carbocycles. The maximum absolute atomic E-state index is 6.02. The smallest absolute Gasteiger partial charge is 0.280 e. The summed E-state index contributed by atoms with van der Waals surface area (Å²) in [6, 6.07) is 5.54. The molecule has 0 radical (unpaired) electrons.